The van der Waals surface area contributed by atoms with Crippen LogP contribution in [0.25, 0.3) is 16.8 Å². The number of nitrogens with two attached hydrogens (primary N) is 1. The number of nitrogen functional groups attached to an aromatic ring is 1. The average molecular weight is 557 g/mol. The van der Waals surface area contributed by atoms with Gasteiger partial charge >= 0.3 is 12.1 Å². The highest BCUT2D eigenvalue weighted by molar-refractivity contribution is 6.04. The quantitative estimate of drug-likeness (QED) is 0.283. The van der Waals surface area contributed by atoms with Gasteiger partial charge in [0.25, 0.3) is 5.91 Å². The van der Waals surface area contributed by atoms with Crippen molar-refractivity contribution in [2.75, 3.05) is 11.1 Å². The van der Waals surface area contributed by atoms with Crippen molar-refractivity contribution < 1.29 is 32.3 Å². The van der Waals surface area contributed by atoms with E-state index in [1.165, 1.54) is 18.3 Å². The first-order valence-electron chi connectivity index (χ1n) is 12.2. The van der Waals surface area contributed by atoms with Crippen LogP contribution < -0.4 is 11.1 Å². The zero-order valence-electron chi connectivity index (χ0n) is 21.4. The molecule has 2 atom stereocenters. The topological polar surface area (TPSA) is 135 Å². The lowest BCUT2D eigenvalue weighted by Gasteiger charge is -2.25. The monoisotopic (exact) mass is 556 g/mol. The molecule has 0 bridgehead atoms. The SMILES string of the molecule is C[C@@]1(C(=O)O)CC[C@@](C)(c2nc(-c3ccc(C(=O)Nc4cc(C(F)(F)F)ccn4)cc3F)c3c(N)nccn23)C1. The summed E-state index contributed by atoms with van der Waals surface area (Å²) in [5, 5.41) is 12.0. The van der Waals surface area contributed by atoms with Crippen LogP contribution in [0.4, 0.5) is 29.2 Å². The highest BCUT2D eigenvalue weighted by atomic mass is 19.4. The Bertz CT molecular complexity index is 1670. The number of anilines is 2. The molecule has 5 rings (SSSR count). The second-order valence-corrected chi connectivity index (χ2v) is 10.5. The Hall–Kier alpha value is -4.55. The number of carbonyl (C=O) groups is 2. The van der Waals surface area contributed by atoms with Crippen molar-refractivity contribution in [2.45, 2.75) is 44.7 Å². The lowest BCUT2D eigenvalue weighted by Crippen LogP contribution is -2.29. The number of fused-ring (bicyclic) bond motifs is 1. The number of carbonyl (C=O) groups excluding carboxylic acids is 1. The predicted molar refractivity (Wildman–Crippen MR) is 137 cm³/mol. The zero-order valence-corrected chi connectivity index (χ0v) is 21.4. The molecule has 4 N–H and O–H groups in total. The van der Waals surface area contributed by atoms with Crippen molar-refractivity contribution in [2.24, 2.45) is 5.41 Å². The van der Waals surface area contributed by atoms with Gasteiger partial charge in [-0.15, -0.1) is 0 Å². The summed E-state index contributed by atoms with van der Waals surface area (Å²) in [6, 6.07) is 5.01. The third-order valence-corrected chi connectivity index (χ3v) is 7.46. The summed E-state index contributed by atoms with van der Waals surface area (Å²) in [6.45, 7) is 3.59. The number of hydrogen-bond donors (Lipinski definition) is 3. The Morgan fingerprint density at radius 3 is 2.50 bits per heavy atom. The maximum Gasteiger partial charge on any atom is 0.416 e. The number of pyridine rings is 1. The van der Waals surface area contributed by atoms with Gasteiger partial charge in [0, 0.05) is 35.1 Å². The summed E-state index contributed by atoms with van der Waals surface area (Å²) >= 11 is 0. The van der Waals surface area contributed by atoms with Crippen molar-refractivity contribution in [3.05, 3.63) is 71.7 Å². The van der Waals surface area contributed by atoms with Crippen LogP contribution in [-0.2, 0) is 16.4 Å². The predicted octanol–water partition coefficient (Wildman–Crippen LogP) is 5.32. The molecule has 0 unspecified atom stereocenters. The Morgan fingerprint density at radius 2 is 1.85 bits per heavy atom. The lowest BCUT2D eigenvalue weighted by atomic mass is 9.81. The molecular weight excluding hydrogens is 532 g/mol. The molecule has 1 aliphatic rings. The molecule has 0 radical (unpaired) electrons. The van der Waals surface area contributed by atoms with Gasteiger partial charge in [-0.2, -0.15) is 13.2 Å². The van der Waals surface area contributed by atoms with Gasteiger partial charge < -0.3 is 16.2 Å². The van der Waals surface area contributed by atoms with Gasteiger partial charge in [-0.05, 0) is 56.5 Å². The number of aliphatic carboxylic acids is 1. The summed E-state index contributed by atoms with van der Waals surface area (Å²) in [6.07, 6.45) is 0.650. The van der Waals surface area contributed by atoms with Crippen molar-refractivity contribution in [3.63, 3.8) is 0 Å². The van der Waals surface area contributed by atoms with E-state index in [0.717, 1.165) is 18.3 Å². The fraction of sp³-hybridized carbons (Fsp3) is 0.296. The molecule has 4 aromatic rings. The Balaban J connectivity index is 1.51. The first-order chi connectivity index (χ1) is 18.7. The van der Waals surface area contributed by atoms with E-state index >= 15 is 4.39 Å². The number of imidazole rings is 1. The smallest absolute Gasteiger partial charge is 0.416 e. The molecule has 3 heterocycles. The second kappa shape index (κ2) is 9.28. The molecule has 3 aromatic heterocycles. The number of halogens is 4. The van der Waals surface area contributed by atoms with Crippen LogP contribution in [0.3, 0.4) is 0 Å². The van der Waals surface area contributed by atoms with E-state index in [0.29, 0.717) is 36.7 Å². The number of benzene rings is 1. The van der Waals surface area contributed by atoms with Gasteiger partial charge in [0.1, 0.15) is 34.5 Å². The van der Waals surface area contributed by atoms with E-state index in [1.54, 1.807) is 17.5 Å². The van der Waals surface area contributed by atoms with E-state index in [1.807, 2.05) is 6.92 Å². The van der Waals surface area contributed by atoms with Crippen LogP contribution in [0.5, 0.6) is 0 Å². The van der Waals surface area contributed by atoms with Gasteiger partial charge in [-0.1, -0.05) is 6.92 Å². The van der Waals surface area contributed by atoms with Crippen molar-refractivity contribution in [3.8, 4) is 11.3 Å². The van der Waals surface area contributed by atoms with Gasteiger partial charge in [0.05, 0.1) is 11.0 Å². The molecule has 1 fully saturated rings. The number of nitrogens with one attached hydrogen (secondary N) is 1. The van der Waals surface area contributed by atoms with Crippen molar-refractivity contribution >= 4 is 29.0 Å². The highest BCUT2D eigenvalue weighted by Gasteiger charge is 2.50. The average Bonchev–Trinajstić information content (AvgIpc) is 3.44. The van der Waals surface area contributed by atoms with Gasteiger partial charge in [0.15, 0.2) is 0 Å². The van der Waals surface area contributed by atoms with Crippen LogP contribution in [0, 0.1) is 11.2 Å². The van der Waals surface area contributed by atoms with E-state index in [9.17, 15) is 27.9 Å². The molecule has 9 nitrogen and oxygen atoms in total. The van der Waals surface area contributed by atoms with E-state index in [4.69, 9.17) is 10.7 Å². The first kappa shape index (κ1) is 27.0. The Morgan fingerprint density at radius 1 is 1.10 bits per heavy atom. The van der Waals surface area contributed by atoms with Gasteiger partial charge in [-0.25, -0.2) is 19.3 Å². The molecule has 1 aromatic carbocycles. The van der Waals surface area contributed by atoms with E-state index < -0.39 is 40.3 Å². The molecule has 1 aliphatic carbocycles. The van der Waals surface area contributed by atoms with Gasteiger partial charge in [0.2, 0.25) is 0 Å². The van der Waals surface area contributed by atoms with Crippen molar-refractivity contribution in [1.29, 1.82) is 0 Å². The second-order valence-electron chi connectivity index (χ2n) is 10.5. The molecule has 1 saturated carbocycles. The van der Waals surface area contributed by atoms with Crippen LogP contribution >= 0.6 is 0 Å². The van der Waals surface area contributed by atoms with Crippen LogP contribution in [-0.4, -0.2) is 36.3 Å². The maximum atomic E-state index is 15.5. The molecule has 40 heavy (non-hydrogen) atoms. The maximum absolute atomic E-state index is 15.5. The minimum Gasteiger partial charge on any atom is -0.481 e. The van der Waals surface area contributed by atoms with Crippen LogP contribution in [0.2, 0.25) is 0 Å². The van der Waals surface area contributed by atoms with E-state index in [2.05, 4.69) is 15.3 Å². The number of alkyl halides is 3. The number of rotatable bonds is 5. The van der Waals surface area contributed by atoms with Crippen LogP contribution in [0.1, 0.15) is 54.9 Å². The third-order valence-electron chi connectivity index (χ3n) is 7.46. The molecule has 0 saturated heterocycles. The van der Waals surface area contributed by atoms with E-state index in [-0.39, 0.29) is 28.5 Å². The fourth-order valence-electron chi connectivity index (χ4n) is 5.35. The van der Waals surface area contributed by atoms with Crippen molar-refractivity contribution in [1.82, 2.24) is 19.4 Å². The lowest BCUT2D eigenvalue weighted by molar-refractivity contribution is -0.147. The molecule has 1 amide bonds. The summed E-state index contributed by atoms with van der Waals surface area (Å²) in [4.78, 5) is 37.1. The highest BCUT2D eigenvalue weighted by Crippen LogP contribution is 2.51. The zero-order chi connectivity index (χ0) is 29.0. The summed E-state index contributed by atoms with van der Waals surface area (Å²) in [5.41, 5.74) is 3.91. The Kier molecular flexibility index (Phi) is 6.27. The number of aromatic nitrogens is 4. The standard InChI is InChI=1S/C27H24F4N6O3/c1-25(6-7-26(2,13-25)24(39)40)23-36-19(20-21(32)34-9-10-37(20)23)16-4-3-14(11-17(16)28)22(38)35-18-12-15(5-8-33-18)27(29,30)31/h3-5,8-12H,6-7,13H2,1-2H3,(H2,32,34)(H,39,40)(H,33,35,38)/t25-,26-/m1/s1. The molecule has 0 spiro atoms. The number of carboxylic acids is 1. The minimum absolute atomic E-state index is 0.0137. The molecule has 208 valence electrons. The Labute approximate surface area is 225 Å². The first-order valence-corrected chi connectivity index (χ1v) is 12.2. The number of nitrogens with zero attached hydrogens (tertiary/aromatic N) is 4. The van der Waals surface area contributed by atoms with Crippen LogP contribution in [0.15, 0.2) is 48.9 Å². The minimum atomic E-state index is -4.62. The molecule has 0 aliphatic heterocycles. The van der Waals surface area contributed by atoms with Gasteiger partial charge in [-0.3, -0.25) is 14.0 Å². The fourth-order valence-corrected chi connectivity index (χ4v) is 5.35. The number of hydrogen-bond acceptors (Lipinski definition) is 6. The normalized spacial score (nSPS) is 21.1. The summed E-state index contributed by atoms with van der Waals surface area (Å²) in [5.74, 6) is -2.35. The molecule has 13 heteroatoms. The number of amides is 1. The summed E-state index contributed by atoms with van der Waals surface area (Å²) < 4.78 is 56.1. The third kappa shape index (κ3) is 4.61. The largest absolute Gasteiger partial charge is 0.481 e. The summed E-state index contributed by atoms with van der Waals surface area (Å²) in [7, 11) is 0. The number of carboxylic acid groups (broad SMARTS) is 1. The molecular formula is C27H24F4N6O3.